The number of fused-ring (bicyclic) bond motifs is 1. The molecule has 0 radical (unpaired) electrons. The smallest absolute Gasteiger partial charge is 0.138 e. The number of carbonyl (C=O) groups excluding carboxylic acids is 1. The molecule has 2 heterocycles. The van der Waals surface area contributed by atoms with Gasteiger partial charge in [-0.05, 0) is 7.05 Å². The minimum absolute atomic E-state index is 0.245. The molecule has 1 aliphatic rings. The van der Waals surface area contributed by atoms with E-state index in [-0.39, 0.29) is 5.78 Å². The van der Waals surface area contributed by atoms with Crippen molar-refractivity contribution >= 4 is 5.78 Å². The van der Waals surface area contributed by atoms with Crippen LogP contribution in [0.15, 0.2) is 6.33 Å². The van der Waals surface area contributed by atoms with E-state index < -0.39 is 0 Å². The molecule has 0 fully saturated rings. The number of likely N-dealkylation sites (N-methyl/N-ethyl adjacent to an activating group) is 1. The number of hydrogen-bond donors (Lipinski definition) is 0. The Bertz CT molecular complexity index is 403. The summed E-state index contributed by atoms with van der Waals surface area (Å²) < 4.78 is 0. The number of Topliss-reactive ketones (excluding diaryl/α,β-unsaturated/α-hetero) is 1. The summed E-state index contributed by atoms with van der Waals surface area (Å²) in [7, 11) is 2.08. The largest absolute Gasteiger partial charge is 0.302 e. The van der Waals surface area contributed by atoms with Gasteiger partial charge in [-0.2, -0.15) is 0 Å². The lowest BCUT2D eigenvalue weighted by Crippen LogP contribution is -2.29. The van der Waals surface area contributed by atoms with Crippen molar-refractivity contribution in [3.8, 4) is 0 Å². The number of nitrogens with zero attached hydrogens (tertiary/aromatic N) is 3. The number of aromatic nitrogens is 2. The van der Waals surface area contributed by atoms with Gasteiger partial charge in [0, 0.05) is 43.6 Å². The van der Waals surface area contributed by atoms with E-state index in [9.17, 15) is 4.79 Å². The van der Waals surface area contributed by atoms with E-state index in [2.05, 4.69) is 21.9 Å². The first kappa shape index (κ1) is 11.2. The third-order valence-corrected chi connectivity index (χ3v) is 3.04. The Kier molecular flexibility index (Phi) is 3.29. The molecule has 0 amide bonds. The minimum Gasteiger partial charge on any atom is -0.302 e. The standard InChI is InChI=1S/C12H17N3O/c1-3-9(16)6-12-10-7-15(2)5-4-11(10)13-8-14-12/h8H,3-7H2,1-2H3. The fourth-order valence-corrected chi connectivity index (χ4v) is 2.00. The zero-order valence-electron chi connectivity index (χ0n) is 9.86. The lowest BCUT2D eigenvalue weighted by atomic mass is 10.0. The summed E-state index contributed by atoms with van der Waals surface area (Å²) in [5, 5.41) is 0. The van der Waals surface area contributed by atoms with Crippen molar-refractivity contribution in [2.24, 2.45) is 0 Å². The second-order valence-corrected chi connectivity index (χ2v) is 4.30. The number of carbonyl (C=O) groups is 1. The second kappa shape index (κ2) is 4.70. The van der Waals surface area contributed by atoms with Crippen LogP contribution in [0.1, 0.15) is 30.3 Å². The normalized spacial score (nSPS) is 15.9. The Morgan fingerprint density at radius 1 is 1.50 bits per heavy atom. The fraction of sp³-hybridized carbons (Fsp3) is 0.583. The van der Waals surface area contributed by atoms with Crippen LogP contribution in [0.25, 0.3) is 0 Å². The molecule has 0 bridgehead atoms. The first-order valence-corrected chi connectivity index (χ1v) is 5.72. The van der Waals surface area contributed by atoms with Crippen LogP contribution >= 0.6 is 0 Å². The molecule has 0 saturated carbocycles. The molecule has 0 unspecified atom stereocenters. The molecule has 1 aromatic heterocycles. The molecular weight excluding hydrogens is 202 g/mol. The first-order valence-electron chi connectivity index (χ1n) is 5.72. The van der Waals surface area contributed by atoms with Crippen molar-refractivity contribution in [2.45, 2.75) is 32.7 Å². The van der Waals surface area contributed by atoms with E-state index in [0.29, 0.717) is 12.8 Å². The van der Waals surface area contributed by atoms with Crippen LogP contribution < -0.4 is 0 Å². The van der Waals surface area contributed by atoms with Crippen LogP contribution in [-0.2, 0) is 24.2 Å². The van der Waals surface area contributed by atoms with Gasteiger partial charge in [-0.3, -0.25) is 4.79 Å². The average Bonchev–Trinajstić information content (AvgIpc) is 2.29. The summed E-state index contributed by atoms with van der Waals surface area (Å²) in [5.41, 5.74) is 3.20. The monoisotopic (exact) mass is 219 g/mol. The van der Waals surface area contributed by atoms with Gasteiger partial charge in [0.05, 0.1) is 5.69 Å². The van der Waals surface area contributed by atoms with Gasteiger partial charge in [-0.25, -0.2) is 9.97 Å². The highest BCUT2D eigenvalue weighted by molar-refractivity contribution is 5.80. The minimum atomic E-state index is 0.245. The summed E-state index contributed by atoms with van der Waals surface area (Å²) in [6.45, 7) is 3.79. The van der Waals surface area contributed by atoms with Gasteiger partial charge in [-0.15, -0.1) is 0 Å². The molecule has 0 atom stereocenters. The summed E-state index contributed by atoms with van der Waals surface area (Å²) in [6.07, 6.45) is 3.58. The molecule has 1 aromatic rings. The van der Waals surface area contributed by atoms with E-state index in [0.717, 1.165) is 36.5 Å². The van der Waals surface area contributed by atoms with Crippen LogP contribution in [0.3, 0.4) is 0 Å². The number of hydrogen-bond acceptors (Lipinski definition) is 4. The quantitative estimate of drug-likeness (QED) is 0.760. The van der Waals surface area contributed by atoms with Crippen molar-refractivity contribution < 1.29 is 4.79 Å². The van der Waals surface area contributed by atoms with Crippen molar-refractivity contribution in [1.29, 1.82) is 0 Å². The lowest BCUT2D eigenvalue weighted by molar-refractivity contribution is -0.118. The number of ketones is 1. The molecule has 0 N–H and O–H groups in total. The molecular formula is C12H17N3O. The Morgan fingerprint density at radius 2 is 2.31 bits per heavy atom. The fourth-order valence-electron chi connectivity index (χ4n) is 2.00. The highest BCUT2D eigenvalue weighted by Crippen LogP contribution is 2.18. The zero-order chi connectivity index (χ0) is 11.5. The van der Waals surface area contributed by atoms with E-state index in [1.165, 1.54) is 0 Å². The van der Waals surface area contributed by atoms with Gasteiger partial charge in [0.25, 0.3) is 0 Å². The Labute approximate surface area is 95.7 Å². The maximum absolute atomic E-state index is 11.5. The first-order chi connectivity index (χ1) is 7.70. The lowest BCUT2D eigenvalue weighted by Gasteiger charge is -2.25. The zero-order valence-corrected chi connectivity index (χ0v) is 9.86. The summed E-state index contributed by atoms with van der Waals surface area (Å²) in [4.78, 5) is 22.3. The molecule has 4 nitrogen and oxygen atoms in total. The third-order valence-electron chi connectivity index (χ3n) is 3.04. The maximum atomic E-state index is 11.5. The highest BCUT2D eigenvalue weighted by atomic mass is 16.1. The highest BCUT2D eigenvalue weighted by Gasteiger charge is 2.19. The second-order valence-electron chi connectivity index (χ2n) is 4.30. The molecule has 0 aliphatic carbocycles. The predicted octanol–water partition coefficient (Wildman–Crippen LogP) is 0.986. The van der Waals surface area contributed by atoms with Crippen LogP contribution in [0, 0.1) is 0 Å². The van der Waals surface area contributed by atoms with Crippen molar-refractivity contribution in [2.75, 3.05) is 13.6 Å². The van der Waals surface area contributed by atoms with Gasteiger partial charge in [0.2, 0.25) is 0 Å². The molecule has 0 aromatic carbocycles. The van der Waals surface area contributed by atoms with Crippen molar-refractivity contribution in [3.63, 3.8) is 0 Å². The van der Waals surface area contributed by atoms with Crippen LogP contribution in [0.2, 0.25) is 0 Å². The third kappa shape index (κ3) is 2.27. The molecule has 2 rings (SSSR count). The Morgan fingerprint density at radius 3 is 3.06 bits per heavy atom. The SMILES string of the molecule is CCC(=O)Cc1ncnc2c1CN(C)CC2. The summed E-state index contributed by atoms with van der Waals surface area (Å²) in [6, 6.07) is 0. The van der Waals surface area contributed by atoms with Gasteiger partial charge in [-0.1, -0.05) is 6.92 Å². The Balaban J connectivity index is 2.28. The van der Waals surface area contributed by atoms with Gasteiger partial charge >= 0.3 is 0 Å². The van der Waals surface area contributed by atoms with Crippen molar-refractivity contribution in [3.05, 3.63) is 23.3 Å². The Hall–Kier alpha value is -1.29. The molecule has 4 heteroatoms. The molecule has 86 valence electrons. The predicted molar refractivity (Wildman–Crippen MR) is 61.1 cm³/mol. The summed E-state index contributed by atoms with van der Waals surface area (Å²) in [5.74, 6) is 0.245. The van der Waals surface area contributed by atoms with Gasteiger partial charge in [0.15, 0.2) is 0 Å². The number of rotatable bonds is 3. The van der Waals surface area contributed by atoms with E-state index in [1.54, 1.807) is 6.33 Å². The van der Waals surface area contributed by atoms with Crippen LogP contribution in [0.5, 0.6) is 0 Å². The van der Waals surface area contributed by atoms with Crippen LogP contribution in [-0.4, -0.2) is 34.2 Å². The molecule has 1 aliphatic heterocycles. The summed E-state index contributed by atoms with van der Waals surface area (Å²) >= 11 is 0. The topological polar surface area (TPSA) is 46.1 Å². The average molecular weight is 219 g/mol. The van der Waals surface area contributed by atoms with E-state index in [1.807, 2.05) is 6.92 Å². The van der Waals surface area contributed by atoms with Gasteiger partial charge < -0.3 is 4.90 Å². The van der Waals surface area contributed by atoms with Crippen LogP contribution in [0.4, 0.5) is 0 Å². The van der Waals surface area contributed by atoms with Gasteiger partial charge in [0.1, 0.15) is 12.1 Å². The van der Waals surface area contributed by atoms with E-state index in [4.69, 9.17) is 0 Å². The van der Waals surface area contributed by atoms with Crippen molar-refractivity contribution in [1.82, 2.24) is 14.9 Å². The molecule has 0 spiro atoms. The molecule has 16 heavy (non-hydrogen) atoms. The van der Waals surface area contributed by atoms with E-state index >= 15 is 0 Å². The maximum Gasteiger partial charge on any atom is 0.138 e. The molecule has 0 saturated heterocycles.